The van der Waals surface area contributed by atoms with Crippen molar-refractivity contribution >= 4 is 18.0 Å². The maximum atomic E-state index is 10.1. The summed E-state index contributed by atoms with van der Waals surface area (Å²) < 4.78 is 4.15. The van der Waals surface area contributed by atoms with Gasteiger partial charge in [-0.2, -0.15) is 0 Å². The molecule has 0 fully saturated rings. The minimum atomic E-state index is -0.407. The third-order valence-corrected chi connectivity index (χ3v) is 1.44. The third-order valence-electron chi connectivity index (χ3n) is 1.44. The number of hydrogen-bond acceptors (Lipinski definition) is 4. The molecule has 0 aliphatic rings. The molecule has 0 spiro atoms. The molecule has 4 amide bonds. The van der Waals surface area contributed by atoms with Crippen molar-refractivity contribution in [2.24, 2.45) is 0 Å². The second-order valence-electron chi connectivity index (χ2n) is 2.60. The number of hydrogen-bond donors (Lipinski definition) is 4. The lowest BCUT2D eigenvalue weighted by atomic mass is 10.5. The van der Waals surface area contributed by atoms with E-state index < -0.39 is 6.09 Å². The summed E-state index contributed by atoms with van der Waals surface area (Å²) in [6.07, 6.45) is 0.172. The SMILES string of the molecule is C.C.C.C.CCC(=O)NC.CNC(=O)NC.CNC(=O)OC. The fourth-order valence-electron chi connectivity index (χ4n) is 0.404. The first kappa shape index (κ1) is 42.7. The van der Waals surface area contributed by atoms with Crippen molar-refractivity contribution in [1.82, 2.24) is 21.3 Å². The first-order valence-electron chi connectivity index (χ1n) is 5.29. The molecular formula is C14H40N4O4. The van der Waals surface area contributed by atoms with Crippen molar-refractivity contribution in [3.05, 3.63) is 0 Å². The van der Waals surface area contributed by atoms with Crippen LogP contribution in [0.5, 0.6) is 0 Å². The Morgan fingerprint density at radius 2 is 1.14 bits per heavy atom. The maximum absolute atomic E-state index is 10.1. The quantitative estimate of drug-likeness (QED) is 0.591. The molecule has 0 rings (SSSR count). The van der Waals surface area contributed by atoms with Crippen LogP contribution in [0.1, 0.15) is 43.1 Å². The summed E-state index contributed by atoms with van der Waals surface area (Å²) in [6.45, 7) is 1.82. The highest BCUT2D eigenvalue weighted by Gasteiger charge is 1.85. The first-order valence-corrected chi connectivity index (χ1v) is 5.29. The number of carbonyl (C=O) groups is 3. The van der Waals surface area contributed by atoms with Crippen LogP contribution in [0.25, 0.3) is 0 Å². The molecule has 0 unspecified atom stereocenters. The van der Waals surface area contributed by atoms with Gasteiger partial charge in [-0.15, -0.1) is 0 Å². The molecular weight excluding hydrogens is 288 g/mol. The van der Waals surface area contributed by atoms with Crippen LogP contribution in [-0.4, -0.2) is 53.3 Å². The topological polar surface area (TPSA) is 109 Å². The normalized spacial score (nSPS) is 5.91. The van der Waals surface area contributed by atoms with Gasteiger partial charge in [0.1, 0.15) is 0 Å². The molecule has 8 heteroatoms. The summed E-state index contributed by atoms with van der Waals surface area (Å²) in [5.74, 6) is 0.0926. The number of urea groups is 1. The van der Waals surface area contributed by atoms with E-state index in [-0.39, 0.29) is 41.6 Å². The lowest BCUT2D eigenvalue weighted by molar-refractivity contribution is -0.120. The molecule has 22 heavy (non-hydrogen) atoms. The van der Waals surface area contributed by atoms with Gasteiger partial charge in [0.2, 0.25) is 5.91 Å². The predicted octanol–water partition coefficient (Wildman–Crippen LogP) is 2.20. The Labute approximate surface area is 137 Å². The number of amides is 4. The highest BCUT2D eigenvalue weighted by Crippen LogP contribution is 1.68. The molecule has 0 radical (unpaired) electrons. The molecule has 0 aliphatic carbocycles. The monoisotopic (exact) mass is 328 g/mol. The highest BCUT2D eigenvalue weighted by atomic mass is 16.5. The molecule has 0 heterocycles. The van der Waals surface area contributed by atoms with Gasteiger partial charge in [0.15, 0.2) is 0 Å². The number of carbonyl (C=O) groups excluding carboxylic acids is 3. The third kappa shape index (κ3) is 52.0. The van der Waals surface area contributed by atoms with E-state index in [0.717, 1.165) is 0 Å². The van der Waals surface area contributed by atoms with E-state index in [2.05, 4.69) is 26.0 Å². The Morgan fingerprint density at radius 3 is 1.14 bits per heavy atom. The van der Waals surface area contributed by atoms with Gasteiger partial charge in [0.25, 0.3) is 0 Å². The smallest absolute Gasteiger partial charge is 0.406 e. The van der Waals surface area contributed by atoms with Crippen molar-refractivity contribution in [2.75, 3.05) is 35.3 Å². The Balaban J connectivity index is -0.0000000281. The molecule has 0 bridgehead atoms. The van der Waals surface area contributed by atoms with Gasteiger partial charge < -0.3 is 26.0 Å². The van der Waals surface area contributed by atoms with Crippen LogP contribution in [0.4, 0.5) is 9.59 Å². The Hall–Kier alpha value is -1.99. The molecule has 0 saturated carbocycles. The second kappa shape index (κ2) is 36.4. The zero-order chi connectivity index (χ0) is 15.0. The summed E-state index contributed by atoms with van der Waals surface area (Å²) in [7, 11) is 7.59. The van der Waals surface area contributed by atoms with Gasteiger partial charge in [-0.3, -0.25) is 4.79 Å². The van der Waals surface area contributed by atoms with Gasteiger partial charge in [-0.1, -0.05) is 36.6 Å². The average Bonchev–Trinajstić information content (AvgIpc) is 2.45. The van der Waals surface area contributed by atoms with E-state index in [9.17, 15) is 14.4 Å². The minimum absolute atomic E-state index is 0. The molecule has 0 aromatic heterocycles. The zero-order valence-corrected chi connectivity index (χ0v) is 11.8. The van der Waals surface area contributed by atoms with E-state index in [1.807, 2.05) is 6.92 Å². The van der Waals surface area contributed by atoms with Crippen LogP contribution >= 0.6 is 0 Å². The molecule has 140 valence electrons. The number of alkyl carbamates (subject to hydrolysis) is 1. The number of methoxy groups -OCH3 is 1. The number of ether oxygens (including phenoxy) is 1. The first-order chi connectivity index (χ1) is 8.42. The van der Waals surface area contributed by atoms with Gasteiger partial charge in [0.05, 0.1) is 7.11 Å². The summed E-state index contributed by atoms with van der Waals surface area (Å²) in [6, 6.07) is -0.157. The lowest BCUT2D eigenvalue weighted by Crippen LogP contribution is -2.28. The Bertz CT molecular complexity index is 181. The average molecular weight is 328 g/mol. The Morgan fingerprint density at radius 1 is 0.773 bits per heavy atom. The van der Waals surface area contributed by atoms with Crippen LogP contribution in [0.2, 0.25) is 0 Å². The van der Waals surface area contributed by atoms with Crippen LogP contribution in [-0.2, 0) is 9.53 Å². The van der Waals surface area contributed by atoms with E-state index in [0.29, 0.717) is 6.42 Å². The largest absolute Gasteiger partial charge is 0.453 e. The fourth-order valence-corrected chi connectivity index (χ4v) is 0.404. The zero-order valence-electron chi connectivity index (χ0n) is 11.8. The molecule has 8 nitrogen and oxygen atoms in total. The molecule has 0 saturated heterocycles. The summed E-state index contributed by atoms with van der Waals surface area (Å²) >= 11 is 0. The Kier molecular flexibility index (Phi) is 70.7. The van der Waals surface area contributed by atoms with Gasteiger partial charge in [-0.25, -0.2) is 9.59 Å². The molecule has 4 N–H and O–H groups in total. The van der Waals surface area contributed by atoms with Crippen molar-refractivity contribution in [1.29, 1.82) is 0 Å². The second-order valence-corrected chi connectivity index (χ2v) is 2.60. The minimum Gasteiger partial charge on any atom is -0.453 e. The highest BCUT2D eigenvalue weighted by molar-refractivity contribution is 5.75. The predicted molar refractivity (Wildman–Crippen MR) is 96.3 cm³/mol. The maximum Gasteiger partial charge on any atom is 0.406 e. The van der Waals surface area contributed by atoms with E-state index >= 15 is 0 Å². The molecule has 0 aromatic rings. The summed E-state index contributed by atoms with van der Waals surface area (Å²) in [5.41, 5.74) is 0. The summed E-state index contributed by atoms with van der Waals surface area (Å²) in [4.78, 5) is 29.9. The van der Waals surface area contributed by atoms with Crippen LogP contribution < -0.4 is 21.3 Å². The van der Waals surface area contributed by atoms with E-state index in [4.69, 9.17) is 0 Å². The van der Waals surface area contributed by atoms with Crippen LogP contribution in [0.3, 0.4) is 0 Å². The molecule has 0 atom stereocenters. The fraction of sp³-hybridized carbons (Fsp3) is 0.786. The van der Waals surface area contributed by atoms with E-state index in [1.165, 1.54) is 14.2 Å². The van der Waals surface area contributed by atoms with Crippen molar-refractivity contribution in [3.63, 3.8) is 0 Å². The van der Waals surface area contributed by atoms with Crippen molar-refractivity contribution in [2.45, 2.75) is 43.1 Å². The molecule has 0 aliphatic heterocycles. The van der Waals surface area contributed by atoms with Gasteiger partial charge in [-0.05, 0) is 0 Å². The van der Waals surface area contributed by atoms with Crippen LogP contribution in [0.15, 0.2) is 0 Å². The van der Waals surface area contributed by atoms with Gasteiger partial charge in [0, 0.05) is 34.6 Å². The van der Waals surface area contributed by atoms with Gasteiger partial charge >= 0.3 is 12.1 Å². The number of nitrogens with one attached hydrogen (secondary N) is 4. The standard InChI is InChI=1S/C4H9NO.C3H8N2O.C3H7NO2.4CH4/c1-3-4(6)5-2;1-4-3(6)5-2;1-4-3(5)6-2;;;;/h3H2,1-2H3,(H,5,6);1-2H3,(H2,4,5,6);1-2H3,(H,4,5);4*1H4. The molecule has 0 aromatic carbocycles. The van der Waals surface area contributed by atoms with Crippen LogP contribution in [0, 0.1) is 0 Å². The number of rotatable bonds is 1. The lowest BCUT2D eigenvalue weighted by Gasteiger charge is -1.91. The summed E-state index contributed by atoms with van der Waals surface area (Å²) in [5, 5.41) is 9.46. The van der Waals surface area contributed by atoms with Crippen molar-refractivity contribution in [3.8, 4) is 0 Å². The van der Waals surface area contributed by atoms with E-state index in [1.54, 1.807) is 21.1 Å². The van der Waals surface area contributed by atoms with Crippen molar-refractivity contribution < 1.29 is 19.1 Å².